The predicted molar refractivity (Wildman–Crippen MR) is 59.8 cm³/mol. The average molecular weight is 214 g/mol. The van der Waals surface area contributed by atoms with Gasteiger partial charge in [-0.15, -0.1) is 0 Å². The fourth-order valence-electron chi connectivity index (χ4n) is 1.75. The molecule has 1 heterocycles. The number of ether oxygens (including phenoxy) is 1. The zero-order valence-electron chi connectivity index (χ0n) is 10.0. The van der Waals surface area contributed by atoms with Crippen LogP contribution in [-0.2, 0) is 9.53 Å². The number of hydrogen-bond acceptors (Lipinski definition) is 3. The molecular formula is C11H22N2O2. The van der Waals surface area contributed by atoms with Crippen molar-refractivity contribution >= 4 is 5.91 Å². The maximum absolute atomic E-state index is 11.3. The lowest BCUT2D eigenvalue weighted by atomic mass is 10.0. The van der Waals surface area contributed by atoms with Crippen LogP contribution in [0.5, 0.6) is 0 Å². The molecule has 1 atom stereocenters. The highest BCUT2D eigenvalue weighted by Gasteiger charge is 2.28. The van der Waals surface area contributed by atoms with Crippen LogP contribution in [0, 0.1) is 0 Å². The molecule has 0 aliphatic carbocycles. The SMILES string of the molecule is CN(C)C(=O)CCNCC1(C)CCCO1. The second-order valence-electron chi connectivity index (χ2n) is 4.62. The van der Waals surface area contributed by atoms with Crippen molar-refractivity contribution in [2.45, 2.75) is 31.8 Å². The molecular weight excluding hydrogens is 192 g/mol. The summed E-state index contributed by atoms with van der Waals surface area (Å²) >= 11 is 0. The smallest absolute Gasteiger partial charge is 0.223 e. The summed E-state index contributed by atoms with van der Waals surface area (Å²) in [5, 5.41) is 3.28. The third kappa shape index (κ3) is 4.18. The van der Waals surface area contributed by atoms with Crippen molar-refractivity contribution in [1.82, 2.24) is 10.2 Å². The molecule has 88 valence electrons. The van der Waals surface area contributed by atoms with E-state index in [-0.39, 0.29) is 11.5 Å². The van der Waals surface area contributed by atoms with E-state index < -0.39 is 0 Å². The first-order chi connectivity index (χ1) is 7.03. The highest BCUT2D eigenvalue weighted by atomic mass is 16.5. The van der Waals surface area contributed by atoms with Gasteiger partial charge in [0, 0.05) is 40.2 Å². The summed E-state index contributed by atoms with van der Waals surface area (Å²) in [5.74, 6) is 0.167. The molecule has 0 radical (unpaired) electrons. The first kappa shape index (κ1) is 12.5. The van der Waals surface area contributed by atoms with Gasteiger partial charge in [-0.3, -0.25) is 4.79 Å². The average Bonchev–Trinajstić information content (AvgIpc) is 2.60. The lowest BCUT2D eigenvalue weighted by Gasteiger charge is -2.23. The summed E-state index contributed by atoms with van der Waals surface area (Å²) in [7, 11) is 3.56. The van der Waals surface area contributed by atoms with Crippen molar-refractivity contribution in [3.05, 3.63) is 0 Å². The molecule has 1 N–H and O–H groups in total. The Kier molecular flexibility index (Phi) is 4.54. The Hall–Kier alpha value is -0.610. The number of hydrogen-bond donors (Lipinski definition) is 1. The van der Waals surface area contributed by atoms with E-state index in [4.69, 9.17) is 4.74 Å². The van der Waals surface area contributed by atoms with Crippen molar-refractivity contribution in [2.75, 3.05) is 33.8 Å². The number of nitrogens with one attached hydrogen (secondary N) is 1. The highest BCUT2D eigenvalue weighted by molar-refractivity contribution is 5.75. The normalized spacial score (nSPS) is 25.5. The Bertz CT molecular complexity index is 211. The van der Waals surface area contributed by atoms with Gasteiger partial charge in [-0.05, 0) is 19.8 Å². The maximum Gasteiger partial charge on any atom is 0.223 e. The molecule has 1 aliphatic rings. The van der Waals surface area contributed by atoms with Crippen molar-refractivity contribution in [3.63, 3.8) is 0 Å². The summed E-state index contributed by atoms with van der Waals surface area (Å²) in [6, 6.07) is 0. The Morgan fingerprint density at radius 2 is 2.27 bits per heavy atom. The first-order valence-electron chi connectivity index (χ1n) is 5.58. The number of rotatable bonds is 5. The van der Waals surface area contributed by atoms with Crippen LogP contribution in [0.4, 0.5) is 0 Å². The van der Waals surface area contributed by atoms with Gasteiger partial charge in [-0.1, -0.05) is 0 Å². The van der Waals surface area contributed by atoms with E-state index in [1.54, 1.807) is 19.0 Å². The van der Waals surface area contributed by atoms with Crippen LogP contribution in [0.3, 0.4) is 0 Å². The maximum atomic E-state index is 11.3. The predicted octanol–water partition coefficient (Wildman–Crippen LogP) is 0.623. The summed E-state index contributed by atoms with van der Waals surface area (Å²) in [6.07, 6.45) is 2.82. The monoisotopic (exact) mass is 214 g/mol. The fraction of sp³-hybridized carbons (Fsp3) is 0.909. The van der Waals surface area contributed by atoms with Gasteiger partial charge in [-0.25, -0.2) is 0 Å². The topological polar surface area (TPSA) is 41.6 Å². The van der Waals surface area contributed by atoms with E-state index in [0.29, 0.717) is 6.42 Å². The second-order valence-corrected chi connectivity index (χ2v) is 4.62. The molecule has 1 rings (SSSR count). The molecule has 0 bridgehead atoms. The second kappa shape index (κ2) is 5.47. The van der Waals surface area contributed by atoms with Crippen LogP contribution in [0.1, 0.15) is 26.2 Å². The van der Waals surface area contributed by atoms with Gasteiger partial charge < -0.3 is 15.0 Å². The van der Waals surface area contributed by atoms with E-state index in [2.05, 4.69) is 12.2 Å². The number of amides is 1. The quantitative estimate of drug-likeness (QED) is 0.682. The lowest BCUT2D eigenvalue weighted by molar-refractivity contribution is -0.128. The molecule has 0 spiro atoms. The van der Waals surface area contributed by atoms with Crippen LogP contribution >= 0.6 is 0 Å². The Balaban J connectivity index is 2.08. The molecule has 0 aromatic rings. The molecule has 15 heavy (non-hydrogen) atoms. The molecule has 1 fully saturated rings. The number of carbonyl (C=O) groups excluding carboxylic acids is 1. The molecule has 4 nitrogen and oxygen atoms in total. The van der Waals surface area contributed by atoms with E-state index in [0.717, 1.165) is 32.5 Å². The minimum atomic E-state index is -0.0127. The number of nitrogens with zero attached hydrogens (tertiary/aromatic N) is 1. The van der Waals surface area contributed by atoms with E-state index in [9.17, 15) is 4.79 Å². The number of carbonyl (C=O) groups is 1. The minimum Gasteiger partial charge on any atom is -0.374 e. The van der Waals surface area contributed by atoms with Crippen LogP contribution in [0.15, 0.2) is 0 Å². The Labute approximate surface area is 92.0 Å². The third-order valence-corrected chi connectivity index (χ3v) is 2.81. The molecule has 1 aliphatic heterocycles. The van der Waals surface area contributed by atoms with Crippen molar-refractivity contribution in [2.24, 2.45) is 0 Å². The lowest BCUT2D eigenvalue weighted by Crippen LogP contribution is -2.38. The van der Waals surface area contributed by atoms with Crippen LogP contribution in [0.25, 0.3) is 0 Å². The summed E-state index contributed by atoms with van der Waals surface area (Å²) < 4.78 is 5.64. The van der Waals surface area contributed by atoms with Gasteiger partial charge in [-0.2, -0.15) is 0 Å². The summed E-state index contributed by atoms with van der Waals surface area (Å²) in [6.45, 7) is 4.57. The van der Waals surface area contributed by atoms with Crippen LogP contribution in [0.2, 0.25) is 0 Å². The van der Waals surface area contributed by atoms with E-state index >= 15 is 0 Å². The molecule has 1 saturated heterocycles. The molecule has 0 saturated carbocycles. The Morgan fingerprint density at radius 3 is 2.80 bits per heavy atom. The molecule has 0 aromatic carbocycles. The van der Waals surface area contributed by atoms with Crippen LogP contribution in [-0.4, -0.2) is 50.2 Å². The first-order valence-corrected chi connectivity index (χ1v) is 5.58. The summed E-state index contributed by atoms with van der Waals surface area (Å²) in [5.41, 5.74) is -0.0127. The van der Waals surface area contributed by atoms with Gasteiger partial charge in [0.15, 0.2) is 0 Å². The van der Waals surface area contributed by atoms with Gasteiger partial charge in [0.2, 0.25) is 5.91 Å². The largest absolute Gasteiger partial charge is 0.374 e. The van der Waals surface area contributed by atoms with Gasteiger partial charge in [0.1, 0.15) is 0 Å². The van der Waals surface area contributed by atoms with Crippen molar-refractivity contribution in [1.29, 1.82) is 0 Å². The van der Waals surface area contributed by atoms with Gasteiger partial charge in [0.05, 0.1) is 5.60 Å². The molecule has 1 amide bonds. The van der Waals surface area contributed by atoms with Crippen LogP contribution < -0.4 is 5.32 Å². The standard InChI is InChI=1S/C11H22N2O2/c1-11(6-4-8-15-11)9-12-7-5-10(14)13(2)3/h12H,4-9H2,1-3H3. The van der Waals surface area contributed by atoms with Gasteiger partial charge in [0.25, 0.3) is 0 Å². The summed E-state index contributed by atoms with van der Waals surface area (Å²) in [4.78, 5) is 12.9. The molecule has 0 aromatic heterocycles. The third-order valence-electron chi connectivity index (χ3n) is 2.81. The van der Waals surface area contributed by atoms with Crippen molar-refractivity contribution < 1.29 is 9.53 Å². The zero-order chi connectivity index (χ0) is 11.3. The van der Waals surface area contributed by atoms with Gasteiger partial charge >= 0.3 is 0 Å². The van der Waals surface area contributed by atoms with E-state index in [1.807, 2.05) is 0 Å². The highest BCUT2D eigenvalue weighted by Crippen LogP contribution is 2.23. The molecule has 1 unspecified atom stereocenters. The molecule has 4 heteroatoms. The van der Waals surface area contributed by atoms with Crippen molar-refractivity contribution in [3.8, 4) is 0 Å². The zero-order valence-corrected chi connectivity index (χ0v) is 10.0. The fourth-order valence-corrected chi connectivity index (χ4v) is 1.75. The van der Waals surface area contributed by atoms with E-state index in [1.165, 1.54) is 0 Å². The Morgan fingerprint density at radius 1 is 1.53 bits per heavy atom. The minimum absolute atomic E-state index is 0.0127.